The first-order valence-corrected chi connectivity index (χ1v) is 42.9. The molecular formula is C101H130B5N13+4. The number of allylic oxidation sites excluding steroid dienone is 4. The second-order valence-corrected chi connectivity index (χ2v) is 39.2. The summed E-state index contributed by atoms with van der Waals surface area (Å²) in [6, 6.07) is 73.6. The van der Waals surface area contributed by atoms with Gasteiger partial charge in [-0.1, -0.05) is 267 Å². The fourth-order valence-corrected chi connectivity index (χ4v) is 19.1. The molecule has 0 bridgehead atoms. The fourth-order valence-electron chi connectivity index (χ4n) is 19.1. The number of fused-ring (bicyclic) bond motifs is 5. The Balaban J connectivity index is 0.000000130. The van der Waals surface area contributed by atoms with Crippen LogP contribution in [0.5, 0.6) is 0 Å². The first kappa shape index (κ1) is 86.2. The van der Waals surface area contributed by atoms with Crippen LogP contribution in [0.15, 0.2) is 267 Å². The van der Waals surface area contributed by atoms with Gasteiger partial charge in [0, 0.05) is 72.7 Å². The molecule has 0 aliphatic carbocycles. The summed E-state index contributed by atoms with van der Waals surface area (Å²) in [4.78, 5) is 14.6. The van der Waals surface area contributed by atoms with Crippen molar-refractivity contribution in [2.45, 2.75) is 149 Å². The number of rotatable bonds is 7. The summed E-state index contributed by atoms with van der Waals surface area (Å²) < 4.78 is 15.6. The lowest BCUT2D eigenvalue weighted by Crippen LogP contribution is -2.65. The molecule has 10 heterocycles. The Morgan fingerprint density at radius 2 is 0.874 bits per heavy atom. The first-order chi connectivity index (χ1) is 56.2. The van der Waals surface area contributed by atoms with Crippen LogP contribution in [0.25, 0.3) is 51.3 Å². The van der Waals surface area contributed by atoms with Crippen LogP contribution in [-0.2, 0) is 28.2 Å². The molecule has 1 fully saturated rings. The smallest absolute Gasteiger partial charge is 0.407 e. The van der Waals surface area contributed by atoms with Gasteiger partial charge in [-0.2, -0.15) is 18.5 Å². The van der Waals surface area contributed by atoms with Crippen molar-refractivity contribution in [1.29, 1.82) is 0 Å². The van der Waals surface area contributed by atoms with Crippen LogP contribution in [0.1, 0.15) is 152 Å². The van der Waals surface area contributed by atoms with Gasteiger partial charge < -0.3 is 24.1 Å². The zero-order valence-corrected chi connectivity index (χ0v) is 76.5. The van der Waals surface area contributed by atoms with Crippen molar-refractivity contribution in [3.8, 4) is 16.8 Å². The zero-order chi connectivity index (χ0) is 85.8. The third-order valence-corrected chi connectivity index (χ3v) is 25.6. The standard InChI is InChI=1S/C24H29BN3.C23H27BN3.C22H35BN2.C17H23BN3.C15H16BN2/c1-18-26(5)23(17-28(18)19-12-8-7-9-13-19)25-16-21(24(2,3)4)20-14-10-11-15-22(20)27(25)6;1-23(2,3)21-15-24(26(5)22-14-10-9-13-20(21)22)27-17-19(16-25(27)4)18-11-7-6-8-12-18;1-16-21(5,6)15-22(7,8)25(16)23-14-18(20(2,3)4)17-12-10-11-13-19(17)24(23)9;1-17(2,3)15-13-18(21-12-8-11-19(21)4)20(5)16-10-7-6-9-14(15)16;1-16-11-13-7-3-4-8-14(13)12-18(16)15-9-5-6-10-17(15)2/h7-17H,1-6H3;6-17H,1-5H3;10-14,16H,15H2,1-9H3;6-13H,1-5H3;3-12H,1-2H3/q2*+1;;2*+1. The largest absolute Gasteiger partial charge is 0.668 e. The van der Waals surface area contributed by atoms with E-state index in [1.807, 2.05) is 0 Å². The van der Waals surface area contributed by atoms with Gasteiger partial charge in [0.15, 0.2) is 12.4 Å². The molecule has 1 saturated heterocycles. The second kappa shape index (κ2) is 33.8. The molecule has 4 aromatic heterocycles. The van der Waals surface area contributed by atoms with Gasteiger partial charge in [-0.3, -0.25) is 4.81 Å². The highest BCUT2D eigenvalue weighted by molar-refractivity contribution is 6.82. The number of benzene rings is 7. The van der Waals surface area contributed by atoms with E-state index in [4.69, 9.17) is 0 Å². The normalized spacial score (nSPS) is 16.7. The minimum Gasteiger partial charge on any atom is -0.407 e. The SMILES string of the molecule is CB1C=c2ccccc2=CN1c1cccc[n+]1C.CC1N(B2C=C(C(C)(C)C)c3ccccc3N2C)C(C)(C)CC1(C)C.CN1B([n+]2cc(-c3ccccc3)cn2C)C=C(C(C)(C)C)c2ccccc21.CN1B([n+]2cccn2C)C=C(C(C)(C)C)c2ccccc21.Cc1n(C)c(B2C=C(C(C)(C)C)c3ccccc3N2C)c[n+]1-c1ccccc1. The Bertz CT molecular complexity index is 5740. The zero-order valence-electron chi connectivity index (χ0n) is 76.5. The van der Waals surface area contributed by atoms with Crippen LogP contribution in [0.4, 0.5) is 28.6 Å². The van der Waals surface area contributed by atoms with E-state index in [1.165, 1.54) is 118 Å². The van der Waals surface area contributed by atoms with E-state index >= 15 is 0 Å². The van der Waals surface area contributed by atoms with Gasteiger partial charge in [0.1, 0.15) is 17.5 Å². The van der Waals surface area contributed by atoms with Gasteiger partial charge in [0.05, 0.1) is 58.5 Å². The highest BCUT2D eigenvalue weighted by atomic mass is 15.4. The van der Waals surface area contributed by atoms with Crippen molar-refractivity contribution in [3.05, 3.63) is 306 Å². The third kappa shape index (κ3) is 17.7. The molecule has 610 valence electrons. The molecule has 18 heteroatoms. The lowest BCUT2D eigenvalue weighted by Gasteiger charge is -2.46. The van der Waals surface area contributed by atoms with Crippen molar-refractivity contribution < 1.29 is 18.3 Å². The lowest BCUT2D eigenvalue weighted by atomic mass is 9.52. The predicted octanol–water partition coefficient (Wildman–Crippen LogP) is 17.3. The number of hydrogen-bond acceptors (Lipinski definition) is 6. The maximum Gasteiger partial charge on any atom is 0.668 e. The number of nitrogens with zero attached hydrogens (tertiary/aromatic N) is 13. The molecule has 17 rings (SSSR count). The number of imidazole rings is 1. The highest BCUT2D eigenvalue weighted by Gasteiger charge is 2.54. The molecule has 0 saturated carbocycles. The first-order valence-electron chi connectivity index (χ1n) is 42.9. The van der Waals surface area contributed by atoms with E-state index in [9.17, 15) is 0 Å². The molecule has 6 aliphatic heterocycles. The van der Waals surface area contributed by atoms with Gasteiger partial charge in [-0.25, -0.2) is 13.7 Å². The van der Waals surface area contributed by atoms with E-state index in [-0.39, 0.29) is 48.0 Å². The molecule has 0 radical (unpaired) electrons. The fraction of sp³-hybridized carbons (Fsp3) is 0.347. The molecule has 1 atom stereocenters. The van der Waals surface area contributed by atoms with Crippen LogP contribution >= 0.6 is 0 Å². The van der Waals surface area contributed by atoms with Crippen molar-refractivity contribution in [1.82, 2.24) is 18.7 Å². The number of hydrogen-bond donors (Lipinski definition) is 0. The van der Waals surface area contributed by atoms with Crippen molar-refractivity contribution in [3.63, 3.8) is 0 Å². The van der Waals surface area contributed by atoms with E-state index in [0.29, 0.717) is 25.3 Å². The summed E-state index contributed by atoms with van der Waals surface area (Å²) in [5, 5.41) is 2.60. The summed E-state index contributed by atoms with van der Waals surface area (Å²) in [7, 11) is 17.3. The van der Waals surface area contributed by atoms with Crippen LogP contribution in [0.2, 0.25) is 6.82 Å². The Morgan fingerprint density at radius 3 is 1.36 bits per heavy atom. The maximum absolute atomic E-state index is 2.74. The van der Waals surface area contributed by atoms with Gasteiger partial charge in [0.2, 0.25) is 0 Å². The topological polar surface area (TPSA) is 49.8 Å². The molecule has 7 aromatic carbocycles. The molecule has 0 N–H and O–H groups in total. The minimum absolute atomic E-state index is 0.0869. The predicted molar refractivity (Wildman–Crippen MR) is 511 cm³/mol. The molecular weight excluding hydrogens is 1450 g/mol. The summed E-state index contributed by atoms with van der Waals surface area (Å²) in [6.45, 7) is 45.3. The molecule has 11 aromatic rings. The molecule has 1 unspecified atom stereocenters. The van der Waals surface area contributed by atoms with Gasteiger partial charge in [-0.15, -0.1) is 0 Å². The summed E-state index contributed by atoms with van der Waals surface area (Å²) in [6.07, 6.45) is 16.5. The second-order valence-electron chi connectivity index (χ2n) is 39.2. The van der Waals surface area contributed by atoms with Crippen LogP contribution in [0.3, 0.4) is 0 Å². The minimum atomic E-state index is 0.0869. The summed E-state index contributed by atoms with van der Waals surface area (Å²) in [5.74, 6) is 14.5. The molecule has 119 heavy (non-hydrogen) atoms. The van der Waals surface area contributed by atoms with Gasteiger partial charge >= 0.3 is 34.6 Å². The van der Waals surface area contributed by atoms with E-state index in [0.717, 1.165) is 0 Å². The van der Waals surface area contributed by atoms with E-state index < -0.39 is 0 Å². The van der Waals surface area contributed by atoms with Crippen LogP contribution in [0, 0.1) is 34.0 Å². The Kier molecular flexibility index (Phi) is 24.5. The lowest BCUT2D eigenvalue weighted by molar-refractivity contribution is -0.658. The Morgan fingerprint density at radius 1 is 0.429 bits per heavy atom. The summed E-state index contributed by atoms with van der Waals surface area (Å²) in [5.41, 5.74) is 22.3. The molecule has 6 aliphatic rings. The Hall–Kier alpha value is -10.7. The van der Waals surface area contributed by atoms with Gasteiger partial charge in [-0.05, 0) is 185 Å². The van der Waals surface area contributed by atoms with Crippen molar-refractivity contribution in [2.24, 2.45) is 55.3 Å². The average molecular weight is 1580 g/mol. The quantitative estimate of drug-likeness (QED) is 0.117. The van der Waals surface area contributed by atoms with Gasteiger partial charge in [0.25, 0.3) is 11.6 Å². The molecule has 13 nitrogen and oxygen atoms in total. The number of para-hydroxylation sites is 5. The highest BCUT2D eigenvalue weighted by Crippen LogP contribution is 2.51. The van der Waals surface area contributed by atoms with E-state index in [2.05, 4.69) is 528 Å². The number of pyridine rings is 1. The van der Waals surface area contributed by atoms with Crippen molar-refractivity contribution >= 4 is 103 Å². The number of aromatic nitrogens is 7. The average Bonchev–Trinajstić information content (AvgIpc) is 1.71. The number of anilines is 5. The van der Waals surface area contributed by atoms with Crippen molar-refractivity contribution in [2.75, 3.05) is 52.2 Å². The Labute approximate surface area is 715 Å². The monoisotopic (exact) mass is 1580 g/mol. The summed E-state index contributed by atoms with van der Waals surface area (Å²) >= 11 is 0. The maximum atomic E-state index is 2.74. The molecule has 0 amide bonds. The van der Waals surface area contributed by atoms with E-state index in [1.54, 1.807) is 0 Å². The molecule has 0 spiro atoms. The third-order valence-electron chi connectivity index (χ3n) is 25.6. The van der Waals surface area contributed by atoms with Crippen LogP contribution < -0.4 is 58.4 Å². The van der Waals surface area contributed by atoms with Crippen LogP contribution in [-0.4, -0.2) is 93.2 Å². The number of aryl methyl sites for hydroxylation is 3.